The largest absolute Gasteiger partial charge is 0.309 e. The second kappa shape index (κ2) is 8.15. The van der Waals surface area contributed by atoms with Gasteiger partial charge < -0.3 is 10.2 Å². The molecule has 20 heavy (non-hydrogen) atoms. The molecule has 0 aliphatic rings. The highest BCUT2D eigenvalue weighted by Gasteiger charge is 2.16. The third kappa shape index (κ3) is 4.86. The Hall–Kier alpha value is -0.390. The molecule has 2 heterocycles. The van der Waals surface area contributed by atoms with Crippen LogP contribution in [-0.4, -0.2) is 32.1 Å². The van der Waals surface area contributed by atoms with Crippen LogP contribution < -0.4 is 5.32 Å². The molecule has 2 rings (SSSR count). The Balaban J connectivity index is 1.91. The van der Waals surface area contributed by atoms with Crippen molar-refractivity contribution in [2.45, 2.75) is 18.9 Å². The summed E-state index contributed by atoms with van der Waals surface area (Å²) in [4.78, 5) is 4.89. The summed E-state index contributed by atoms with van der Waals surface area (Å²) in [6.45, 7) is 2.18. The van der Waals surface area contributed by atoms with Crippen molar-refractivity contribution in [3.63, 3.8) is 0 Å². The molecule has 0 radical (unpaired) electrons. The van der Waals surface area contributed by atoms with Crippen molar-refractivity contribution < 1.29 is 0 Å². The van der Waals surface area contributed by atoms with Gasteiger partial charge in [-0.3, -0.25) is 0 Å². The fraction of sp³-hybridized carbons (Fsp3) is 0.467. The fourth-order valence-corrected chi connectivity index (χ4v) is 4.13. The van der Waals surface area contributed by atoms with Crippen molar-refractivity contribution >= 4 is 34.3 Å². The lowest BCUT2D eigenvalue weighted by Gasteiger charge is -2.16. The molecule has 0 aliphatic heterocycles. The summed E-state index contributed by atoms with van der Waals surface area (Å²) >= 11 is 9.53. The smallest absolute Gasteiger partial charge is 0.0931 e. The summed E-state index contributed by atoms with van der Waals surface area (Å²) in [5.41, 5.74) is 0. The van der Waals surface area contributed by atoms with Gasteiger partial charge in [-0.25, -0.2) is 0 Å². The van der Waals surface area contributed by atoms with E-state index in [0.717, 1.165) is 17.4 Å². The molecule has 2 aromatic rings. The monoisotopic (exact) mass is 328 g/mol. The molecule has 0 spiro atoms. The van der Waals surface area contributed by atoms with Crippen LogP contribution in [0.3, 0.4) is 0 Å². The van der Waals surface area contributed by atoms with Crippen molar-refractivity contribution in [2.75, 3.05) is 27.2 Å². The highest BCUT2D eigenvalue weighted by Crippen LogP contribution is 2.32. The summed E-state index contributed by atoms with van der Waals surface area (Å²) in [7, 11) is 4.24. The molecular formula is C15H21ClN2S2. The van der Waals surface area contributed by atoms with Crippen LogP contribution in [0.5, 0.6) is 0 Å². The van der Waals surface area contributed by atoms with E-state index < -0.39 is 0 Å². The van der Waals surface area contributed by atoms with Crippen molar-refractivity contribution in [2.24, 2.45) is 0 Å². The maximum atomic E-state index is 6.07. The number of hydrogen-bond donors (Lipinski definition) is 1. The Kier molecular flexibility index (Phi) is 6.52. The number of halogens is 1. The molecule has 1 N–H and O–H groups in total. The third-order valence-electron chi connectivity index (χ3n) is 3.09. The Bertz CT molecular complexity index is 494. The van der Waals surface area contributed by atoms with E-state index in [1.165, 1.54) is 22.6 Å². The Morgan fingerprint density at radius 3 is 2.65 bits per heavy atom. The molecule has 2 nitrogen and oxygen atoms in total. The van der Waals surface area contributed by atoms with Crippen molar-refractivity contribution in [1.29, 1.82) is 0 Å². The SMILES string of the molecule is CN(C)CCCCNC(c1cccs1)c1ccc(Cl)s1. The van der Waals surface area contributed by atoms with E-state index in [4.69, 9.17) is 11.6 Å². The van der Waals surface area contributed by atoms with Gasteiger partial charge in [-0.15, -0.1) is 22.7 Å². The topological polar surface area (TPSA) is 15.3 Å². The van der Waals surface area contributed by atoms with Crippen LogP contribution in [0.4, 0.5) is 0 Å². The lowest BCUT2D eigenvalue weighted by molar-refractivity contribution is 0.390. The second-order valence-electron chi connectivity index (χ2n) is 5.05. The maximum absolute atomic E-state index is 6.07. The van der Waals surface area contributed by atoms with Gasteiger partial charge in [-0.05, 0) is 63.6 Å². The molecule has 0 saturated carbocycles. The number of nitrogens with zero attached hydrogens (tertiary/aromatic N) is 1. The van der Waals surface area contributed by atoms with Crippen molar-refractivity contribution in [3.05, 3.63) is 43.7 Å². The van der Waals surface area contributed by atoms with Crippen LogP contribution >= 0.6 is 34.3 Å². The van der Waals surface area contributed by atoms with Crippen LogP contribution in [0, 0.1) is 0 Å². The molecular weight excluding hydrogens is 308 g/mol. The molecule has 0 amide bonds. The van der Waals surface area contributed by atoms with Gasteiger partial charge in [0.15, 0.2) is 0 Å². The van der Waals surface area contributed by atoms with Gasteiger partial charge in [0.05, 0.1) is 10.4 Å². The third-order valence-corrected chi connectivity index (χ3v) is 5.32. The standard InChI is InChI=1S/C15H21ClN2S2/c1-18(2)10-4-3-9-17-15(12-6-5-11-19-12)13-7-8-14(16)20-13/h5-8,11,15,17H,3-4,9-10H2,1-2H3. The van der Waals surface area contributed by atoms with E-state index in [1.54, 1.807) is 22.7 Å². The molecule has 0 fully saturated rings. The Morgan fingerprint density at radius 1 is 1.20 bits per heavy atom. The van der Waals surface area contributed by atoms with Gasteiger partial charge in [0.25, 0.3) is 0 Å². The van der Waals surface area contributed by atoms with E-state index in [-0.39, 0.29) is 6.04 Å². The first-order chi connectivity index (χ1) is 9.66. The summed E-state index contributed by atoms with van der Waals surface area (Å²) < 4.78 is 0.857. The Morgan fingerprint density at radius 2 is 2.05 bits per heavy atom. The van der Waals surface area contributed by atoms with Gasteiger partial charge in [0.2, 0.25) is 0 Å². The predicted octanol–water partition coefficient (Wildman–Crippen LogP) is 4.48. The lowest BCUT2D eigenvalue weighted by atomic mass is 10.2. The minimum Gasteiger partial charge on any atom is -0.309 e. The predicted molar refractivity (Wildman–Crippen MR) is 91.3 cm³/mol. The highest BCUT2D eigenvalue weighted by atomic mass is 35.5. The summed E-state index contributed by atoms with van der Waals surface area (Å²) in [5, 5.41) is 5.80. The quantitative estimate of drug-likeness (QED) is 0.718. The van der Waals surface area contributed by atoms with Gasteiger partial charge in [-0.2, -0.15) is 0 Å². The highest BCUT2D eigenvalue weighted by molar-refractivity contribution is 7.16. The zero-order chi connectivity index (χ0) is 14.4. The normalized spacial score (nSPS) is 13.0. The first-order valence-corrected chi connectivity index (χ1v) is 8.91. The second-order valence-corrected chi connectivity index (χ2v) is 7.78. The molecule has 0 saturated heterocycles. The van der Waals surface area contributed by atoms with Crippen molar-refractivity contribution in [1.82, 2.24) is 10.2 Å². The van der Waals surface area contributed by atoms with Gasteiger partial charge in [0.1, 0.15) is 0 Å². The first kappa shape index (κ1) is 16.0. The number of hydrogen-bond acceptors (Lipinski definition) is 4. The molecule has 0 aromatic carbocycles. The van der Waals surface area contributed by atoms with E-state index in [2.05, 4.69) is 47.9 Å². The van der Waals surface area contributed by atoms with Crippen LogP contribution in [0.2, 0.25) is 4.34 Å². The number of nitrogens with one attached hydrogen (secondary N) is 1. The average Bonchev–Trinajstić information content (AvgIpc) is 3.05. The molecule has 5 heteroatoms. The van der Waals surface area contributed by atoms with Crippen LogP contribution in [-0.2, 0) is 0 Å². The lowest BCUT2D eigenvalue weighted by Crippen LogP contribution is -2.23. The van der Waals surface area contributed by atoms with Crippen molar-refractivity contribution in [3.8, 4) is 0 Å². The zero-order valence-corrected chi connectivity index (χ0v) is 14.3. The van der Waals surface area contributed by atoms with Gasteiger partial charge in [-0.1, -0.05) is 17.7 Å². The summed E-state index contributed by atoms with van der Waals surface area (Å²) in [6, 6.07) is 8.69. The average molecular weight is 329 g/mol. The Labute approximate surface area is 134 Å². The maximum Gasteiger partial charge on any atom is 0.0931 e. The molecule has 110 valence electrons. The van der Waals surface area contributed by atoms with E-state index in [1.807, 2.05) is 6.07 Å². The van der Waals surface area contributed by atoms with Gasteiger partial charge in [0, 0.05) is 9.75 Å². The number of rotatable bonds is 8. The number of thiophene rings is 2. The van der Waals surface area contributed by atoms with Crippen LogP contribution in [0.15, 0.2) is 29.6 Å². The van der Waals surface area contributed by atoms with E-state index in [0.29, 0.717) is 0 Å². The number of unbranched alkanes of at least 4 members (excludes halogenated alkanes) is 1. The first-order valence-electron chi connectivity index (χ1n) is 6.83. The minimum atomic E-state index is 0.284. The molecule has 0 aliphatic carbocycles. The fourth-order valence-electron chi connectivity index (χ4n) is 2.08. The van der Waals surface area contributed by atoms with E-state index in [9.17, 15) is 0 Å². The molecule has 1 unspecified atom stereocenters. The molecule has 2 aromatic heterocycles. The molecule has 1 atom stereocenters. The van der Waals surface area contributed by atoms with Gasteiger partial charge >= 0.3 is 0 Å². The van der Waals surface area contributed by atoms with Crippen LogP contribution in [0.1, 0.15) is 28.6 Å². The van der Waals surface area contributed by atoms with E-state index >= 15 is 0 Å². The summed E-state index contributed by atoms with van der Waals surface area (Å²) in [6.07, 6.45) is 2.42. The zero-order valence-electron chi connectivity index (χ0n) is 11.9. The van der Waals surface area contributed by atoms with Crippen LogP contribution in [0.25, 0.3) is 0 Å². The minimum absolute atomic E-state index is 0.284. The molecule has 0 bridgehead atoms. The summed E-state index contributed by atoms with van der Waals surface area (Å²) in [5.74, 6) is 0.